The van der Waals surface area contributed by atoms with Crippen molar-refractivity contribution >= 4 is 26.8 Å². The minimum atomic E-state index is 0.662. The maximum Gasteiger partial charge on any atom is 0.125 e. The Kier molecular flexibility index (Phi) is 3.10. The first kappa shape index (κ1) is 12.0. The van der Waals surface area contributed by atoms with Crippen molar-refractivity contribution in [2.75, 3.05) is 0 Å². The van der Waals surface area contributed by atoms with Gasteiger partial charge in [-0.3, -0.25) is 0 Å². The van der Waals surface area contributed by atoms with Crippen LogP contribution in [0.25, 0.3) is 16.6 Å². The first-order chi connectivity index (χ1) is 9.35. The van der Waals surface area contributed by atoms with Crippen molar-refractivity contribution in [1.29, 1.82) is 5.26 Å². The van der Waals surface area contributed by atoms with Crippen LogP contribution in [0.15, 0.2) is 54.6 Å². The van der Waals surface area contributed by atoms with Gasteiger partial charge < -0.3 is 4.57 Å². The van der Waals surface area contributed by atoms with Crippen molar-refractivity contribution < 1.29 is 0 Å². The van der Waals surface area contributed by atoms with Crippen LogP contribution >= 0.6 is 15.9 Å². The fraction of sp³-hybridized carbons (Fsp3) is 0.0625. The Bertz CT molecular complexity index is 767. The summed E-state index contributed by atoms with van der Waals surface area (Å²) in [6.45, 7) is 0. The van der Waals surface area contributed by atoms with Gasteiger partial charge in [0, 0.05) is 16.4 Å². The predicted molar refractivity (Wildman–Crippen MR) is 80.6 cm³/mol. The standard InChI is InChI=1S/C16H11BrN2/c17-10-12-5-4-8-16-15(12)9-14(11-18)19(16)13-6-2-1-3-7-13/h1-9H,10H2. The topological polar surface area (TPSA) is 28.7 Å². The third-order valence-corrected chi connectivity index (χ3v) is 3.81. The SMILES string of the molecule is N#Cc1cc2c(CBr)cccc2n1-c1ccccc1. The molecule has 0 saturated heterocycles. The fourth-order valence-corrected chi connectivity index (χ4v) is 2.84. The van der Waals surface area contributed by atoms with Gasteiger partial charge in [0.2, 0.25) is 0 Å². The molecule has 92 valence electrons. The molecule has 0 amide bonds. The summed E-state index contributed by atoms with van der Waals surface area (Å²) in [6.07, 6.45) is 0. The van der Waals surface area contributed by atoms with E-state index in [1.807, 2.05) is 47.0 Å². The quantitative estimate of drug-likeness (QED) is 0.645. The number of aromatic nitrogens is 1. The number of benzene rings is 2. The molecule has 0 unspecified atom stereocenters. The van der Waals surface area contributed by atoms with Crippen LogP contribution in [-0.2, 0) is 5.33 Å². The minimum absolute atomic E-state index is 0.662. The van der Waals surface area contributed by atoms with Crippen molar-refractivity contribution in [1.82, 2.24) is 4.57 Å². The van der Waals surface area contributed by atoms with Crippen LogP contribution in [0, 0.1) is 11.3 Å². The molecule has 2 nitrogen and oxygen atoms in total. The summed E-state index contributed by atoms with van der Waals surface area (Å²) in [6, 6.07) is 20.4. The molecular weight excluding hydrogens is 300 g/mol. The normalized spacial score (nSPS) is 10.5. The lowest BCUT2D eigenvalue weighted by Gasteiger charge is -2.07. The molecule has 1 heterocycles. The van der Waals surface area contributed by atoms with Gasteiger partial charge >= 0.3 is 0 Å². The van der Waals surface area contributed by atoms with E-state index in [1.54, 1.807) is 0 Å². The number of nitrogens with zero attached hydrogens (tertiary/aromatic N) is 2. The van der Waals surface area contributed by atoms with Crippen LogP contribution < -0.4 is 0 Å². The van der Waals surface area contributed by atoms with Crippen LogP contribution in [0.5, 0.6) is 0 Å². The van der Waals surface area contributed by atoms with Crippen molar-refractivity contribution in [3.05, 3.63) is 65.9 Å². The monoisotopic (exact) mass is 310 g/mol. The number of halogens is 1. The first-order valence-corrected chi connectivity index (χ1v) is 7.12. The summed E-state index contributed by atoms with van der Waals surface area (Å²) in [5, 5.41) is 11.3. The van der Waals surface area contributed by atoms with E-state index in [2.05, 4.69) is 34.1 Å². The van der Waals surface area contributed by atoms with Gasteiger partial charge in [0.25, 0.3) is 0 Å². The van der Waals surface area contributed by atoms with Gasteiger partial charge in [-0.2, -0.15) is 5.26 Å². The molecule has 0 atom stereocenters. The molecule has 2 aromatic carbocycles. The molecule has 0 N–H and O–H groups in total. The smallest absolute Gasteiger partial charge is 0.125 e. The van der Waals surface area contributed by atoms with E-state index in [-0.39, 0.29) is 0 Å². The predicted octanol–water partition coefficient (Wildman–Crippen LogP) is 4.40. The Labute approximate surface area is 120 Å². The van der Waals surface area contributed by atoms with Gasteiger partial charge in [0.1, 0.15) is 11.8 Å². The second-order valence-corrected chi connectivity index (χ2v) is 4.86. The molecule has 0 radical (unpaired) electrons. The lowest BCUT2D eigenvalue weighted by molar-refractivity contribution is 1.09. The van der Waals surface area contributed by atoms with Crippen LogP contribution in [0.3, 0.4) is 0 Å². The molecule has 0 aliphatic heterocycles. The summed E-state index contributed by atoms with van der Waals surface area (Å²) in [5.74, 6) is 0. The summed E-state index contributed by atoms with van der Waals surface area (Å²) < 4.78 is 2.00. The van der Waals surface area contributed by atoms with Crippen LogP contribution in [0.2, 0.25) is 0 Å². The third kappa shape index (κ3) is 1.94. The van der Waals surface area contributed by atoms with Crippen molar-refractivity contribution in [3.63, 3.8) is 0 Å². The molecule has 0 spiro atoms. The number of nitriles is 1. The number of rotatable bonds is 2. The highest BCUT2D eigenvalue weighted by Gasteiger charge is 2.11. The molecule has 3 rings (SSSR count). The van der Waals surface area contributed by atoms with E-state index in [9.17, 15) is 5.26 Å². The first-order valence-electron chi connectivity index (χ1n) is 6.00. The largest absolute Gasteiger partial charge is 0.301 e. The van der Waals surface area contributed by atoms with Crippen LogP contribution in [-0.4, -0.2) is 4.57 Å². The lowest BCUT2D eigenvalue weighted by atomic mass is 10.1. The average molecular weight is 311 g/mol. The molecule has 3 heteroatoms. The third-order valence-electron chi connectivity index (χ3n) is 3.21. The van der Waals surface area contributed by atoms with E-state index in [0.29, 0.717) is 5.69 Å². The van der Waals surface area contributed by atoms with Gasteiger partial charge in [0.05, 0.1) is 5.52 Å². The highest BCUT2D eigenvalue weighted by atomic mass is 79.9. The fourth-order valence-electron chi connectivity index (χ4n) is 2.35. The zero-order chi connectivity index (χ0) is 13.2. The molecule has 0 aliphatic carbocycles. The maximum atomic E-state index is 9.36. The van der Waals surface area contributed by atoms with E-state index >= 15 is 0 Å². The molecular formula is C16H11BrN2. The average Bonchev–Trinajstić information content (AvgIpc) is 2.86. The highest BCUT2D eigenvalue weighted by molar-refractivity contribution is 9.08. The number of hydrogen-bond donors (Lipinski definition) is 0. The Morgan fingerprint density at radius 1 is 1.05 bits per heavy atom. The number of hydrogen-bond acceptors (Lipinski definition) is 1. The van der Waals surface area contributed by atoms with E-state index in [1.165, 1.54) is 5.56 Å². The Morgan fingerprint density at radius 2 is 1.84 bits per heavy atom. The second kappa shape index (κ2) is 4.91. The Balaban J connectivity index is 2.39. The van der Waals surface area contributed by atoms with Crippen molar-refractivity contribution in [2.45, 2.75) is 5.33 Å². The number of fused-ring (bicyclic) bond motifs is 1. The van der Waals surface area contributed by atoms with Gasteiger partial charge in [-0.15, -0.1) is 0 Å². The highest BCUT2D eigenvalue weighted by Crippen LogP contribution is 2.27. The summed E-state index contributed by atoms with van der Waals surface area (Å²) >= 11 is 3.50. The van der Waals surface area contributed by atoms with E-state index < -0.39 is 0 Å². The van der Waals surface area contributed by atoms with E-state index in [4.69, 9.17) is 0 Å². The maximum absolute atomic E-state index is 9.36. The lowest BCUT2D eigenvalue weighted by Crippen LogP contribution is -1.96. The molecule has 0 fully saturated rings. The van der Waals surface area contributed by atoms with E-state index in [0.717, 1.165) is 21.9 Å². The van der Waals surface area contributed by atoms with Gasteiger partial charge in [0.15, 0.2) is 0 Å². The minimum Gasteiger partial charge on any atom is -0.301 e. The van der Waals surface area contributed by atoms with Gasteiger partial charge in [-0.05, 0) is 29.8 Å². The summed E-state index contributed by atoms with van der Waals surface area (Å²) in [4.78, 5) is 0. The number of para-hydroxylation sites is 1. The van der Waals surface area contributed by atoms with Crippen molar-refractivity contribution in [2.24, 2.45) is 0 Å². The Morgan fingerprint density at radius 3 is 2.53 bits per heavy atom. The molecule has 19 heavy (non-hydrogen) atoms. The molecule has 1 aromatic heterocycles. The molecule has 0 aliphatic rings. The zero-order valence-corrected chi connectivity index (χ0v) is 11.8. The summed E-state index contributed by atoms with van der Waals surface area (Å²) in [5.41, 5.74) is 3.94. The summed E-state index contributed by atoms with van der Waals surface area (Å²) in [7, 11) is 0. The Hall–Kier alpha value is -2.05. The second-order valence-electron chi connectivity index (χ2n) is 4.30. The van der Waals surface area contributed by atoms with Crippen molar-refractivity contribution in [3.8, 4) is 11.8 Å². The molecule has 0 bridgehead atoms. The van der Waals surface area contributed by atoms with Gasteiger partial charge in [-0.25, -0.2) is 0 Å². The number of alkyl halides is 1. The zero-order valence-electron chi connectivity index (χ0n) is 10.2. The molecule has 3 aromatic rings. The van der Waals surface area contributed by atoms with Gasteiger partial charge in [-0.1, -0.05) is 46.3 Å². The van der Waals surface area contributed by atoms with Crippen LogP contribution in [0.4, 0.5) is 0 Å². The molecule has 0 saturated carbocycles. The van der Waals surface area contributed by atoms with Crippen LogP contribution in [0.1, 0.15) is 11.3 Å².